The lowest BCUT2D eigenvalue weighted by molar-refractivity contribution is -0.870. The van der Waals surface area contributed by atoms with Gasteiger partial charge < -0.3 is 19.8 Å². The van der Waals surface area contributed by atoms with Gasteiger partial charge in [0.25, 0.3) is 0 Å². The fourth-order valence-corrected chi connectivity index (χ4v) is 12.9. The number of allylic oxidation sites excluding steroid dienone is 3. The second kappa shape index (κ2) is 68.3. The van der Waals surface area contributed by atoms with Crippen molar-refractivity contribution >= 4 is 13.7 Å². The second-order valence-corrected chi connectivity index (χ2v) is 29.5. The Kier molecular flexibility index (Phi) is 67.5. The molecule has 1 amide bonds. The number of hydrogen-bond donors (Lipinski definition) is 3. The molecule has 0 spiro atoms. The van der Waals surface area contributed by atoms with E-state index in [0.717, 1.165) is 38.5 Å². The summed E-state index contributed by atoms with van der Waals surface area (Å²) < 4.78 is 23.8. The fourth-order valence-electron chi connectivity index (χ4n) is 12.2. The fraction of sp³-hybridized carbons (Fsp3) is 0.935. The first kappa shape index (κ1) is 85.0. The van der Waals surface area contributed by atoms with E-state index in [-0.39, 0.29) is 19.1 Å². The van der Waals surface area contributed by atoms with E-state index in [4.69, 9.17) is 9.05 Å². The van der Waals surface area contributed by atoms with Gasteiger partial charge in [-0.05, 0) is 32.1 Å². The standard InChI is InChI=1S/C77H153N2O6P/c1-6-8-10-12-14-16-18-20-22-24-26-28-30-32-34-35-36-37-38-39-40-41-42-43-45-47-49-51-53-55-57-59-61-63-65-67-69-71-77(81)78-75(74-85-86(82,83)84-73-72-79(3,4)5)76(80)70-68-66-64-62-60-58-56-54-52-50-48-46-44-33-31-29-27-25-23-21-19-17-15-13-11-9-7-2/h60,62,68,70,75-76,80H,6-59,61,63-67,69,71-74H2,1-5H3,(H-,78,81,82,83)/p+1/b62-60+,70-68+. The minimum atomic E-state index is -4.36. The van der Waals surface area contributed by atoms with Gasteiger partial charge in [0.2, 0.25) is 5.91 Å². The van der Waals surface area contributed by atoms with Gasteiger partial charge in [0.15, 0.2) is 0 Å². The highest BCUT2D eigenvalue weighted by atomic mass is 31.2. The quantitative estimate of drug-likeness (QED) is 0.0243. The van der Waals surface area contributed by atoms with Gasteiger partial charge in [-0.25, -0.2) is 4.57 Å². The maximum absolute atomic E-state index is 13.1. The number of likely N-dealkylation sites (N-methyl/N-ethyl adjacent to an activating group) is 1. The Balaban J connectivity index is 3.96. The number of amides is 1. The van der Waals surface area contributed by atoms with Gasteiger partial charge in [-0.2, -0.15) is 0 Å². The minimum absolute atomic E-state index is 0.0592. The molecule has 3 N–H and O–H groups in total. The van der Waals surface area contributed by atoms with Crippen molar-refractivity contribution in [3.8, 4) is 0 Å². The lowest BCUT2D eigenvalue weighted by Crippen LogP contribution is -2.45. The molecule has 8 nitrogen and oxygen atoms in total. The molecule has 3 unspecified atom stereocenters. The number of quaternary nitrogens is 1. The van der Waals surface area contributed by atoms with Crippen molar-refractivity contribution < 1.29 is 32.9 Å². The van der Waals surface area contributed by atoms with Crippen LogP contribution in [0.3, 0.4) is 0 Å². The summed E-state index contributed by atoms with van der Waals surface area (Å²) in [5.41, 5.74) is 0. The monoisotopic (exact) mass is 1230 g/mol. The van der Waals surface area contributed by atoms with E-state index in [9.17, 15) is 19.4 Å². The van der Waals surface area contributed by atoms with Crippen molar-refractivity contribution in [2.24, 2.45) is 0 Å². The SMILES string of the molecule is CCCCCCCCCCCCCCCCCCCCCCC/C=C/CC/C=C/C(O)C(COP(=O)(O)OCC[N+](C)(C)C)NC(=O)CCCCCCCCCCCCCCCCCCCCCCCCCCCCCCCCCCCCCCC. The maximum Gasteiger partial charge on any atom is 0.472 e. The first-order valence-electron chi connectivity index (χ1n) is 38.7. The highest BCUT2D eigenvalue weighted by molar-refractivity contribution is 7.47. The molecule has 0 bridgehead atoms. The zero-order chi connectivity index (χ0) is 62.6. The van der Waals surface area contributed by atoms with Gasteiger partial charge in [0.05, 0.1) is 39.9 Å². The van der Waals surface area contributed by atoms with Crippen LogP contribution in [0.1, 0.15) is 412 Å². The topological polar surface area (TPSA) is 105 Å². The van der Waals surface area contributed by atoms with Crippen LogP contribution in [0.25, 0.3) is 0 Å². The van der Waals surface area contributed by atoms with Crippen LogP contribution in [0.15, 0.2) is 24.3 Å². The van der Waals surface area contributed by atoms with Gasteiger partial charge in [0, 0.05) is 6.42 Å². The zero-order valence-corrected chi connectivity index (χ0v) is 59.7. The number of carbonyl (C=O) groups is 1. The summed E-state index contributed by atoms with van der Waals surface area (Å²) in [5, 5.41) is 14.0. The molecule has 0 heterocycles. The molecule has 0 aromatic rings. The number of phosphoric acid groups is 1. The van der Waals surface area contributed by atoms with Crippen LogP contribution in [0.4, 0.5) is 0 Å². The first-order valence-corrected chi connectivity index (χ1v) is 40.2. The smallest absolute Gasteiger partial charge is 0.387 e. The number of hydrogen-bond acceptors (Lipinski definition) is 5. The molecule has 0 saturated heterocycles. The van der Waals surface area contributed by atoms with Gasteiger partial charge >= 0.3 is 7.82 Å². The number of rotatable bonds is 73. The Bertz CT molecular complexity index is 1450. The van der Waals surface area contributed by atoms with Gasteiger partial charge in [0.1, 0.15) is 13.2 Å². The average Bonchev–Trinajstić information content (AvgIpc) is 3.70. The third kappa shape index (κ3) is 70.4. The number of nitrogens with one attached hydrogen (secondary N) is 1. The van der Waals surface area contributed by atoms with E-state index in [1.54, 1.807) is 6.08 Å². The summed E-state index contributed by atoms with van der Waals surface area (Å²) in [5.74, 6) is -0.177. The van der Waals surface area contributed by atoms with E-state index in [1.165, 1.54) is 353 Å². The predicted octanol–water partition coefficient (Wildman–Crippen LogP) is 25.0. The molecule has 9 heteroatoms. The lowest BCUT2D eigenvalue weighted by atomic mass is 10.0. The molecule has 86 heavy (non-hydrogen) atoms. The second-order valence-electron chi connectivity index (χ2n) is 28.1. The molecule has 0 aromatic carbocycles. The summed E-state index contributed by atoms with van der Waals surface area (Å²) in [6.45, 7) is 4.87. The number of nitrogens with zero attached hydrogens (tertiary/aromatic N) is 1. The van der Waals surface area contributed by atoms with E-state index in [2.05, 4.69) is 31.3 Å². The molecule has 3 atom stereocenters. The molecular formula is C77H154N2O6P+. The van der Waals surface area contributed by atoms with Crippen molar-refractivity contribution in [1.29, 1.82) is 0 Å². The summed E-state index contributed by atoms with van der Waals surface area (Å²) >= 11 is 0. The van der Waals surface area contributed by atoms with Crippen LogP contribution in [0, 0.1) is 0 Å². The van der Waals surface area contributed by atoms with Gasteiger partial charge in [-0.1, -0.05) is 398 Å². The lowest BCUT2D eigenvalue weighted by Gasteiger charge is -2.25. The minimum Gasteiger partial charge on any atom is -0.387 e. The number of unbranched alkanes of at least 4 members (excludes halogenated alkanes) is 58. The number of aliphatic hydroxyl groups excluding tert-OH is 1. The van der Waals surface area contributed by atoms with E-state index in [1.807, 2.05) is 27.2 Å². The normalized spacial score (nSPS) is 13.6. The van der Waals surface area contributed by atoms with Crippen molar-refractivity contribution in [3.05, 3.63) is 24.3 Å². The zero-order valence-electron chi connectivity index (χ0n) is 58.8. The molecule has 0 aliphatic carbocycles. The molecule has 0 aromatic heterocycles. The van der Waals surface area contributed by atoms with Crippen molar-refractivity contribution in [2.45, 2.75) is 424 Å². The number of aliphatic hydroxyl groups is 1. The Labute approximate surface area is 538 Å². The van der Waals surface area contributed by atoms with Crippen LogP contribution in [0.2, 0.25) is 0 Å². The van der Waals surface area contributed by atoms with Gasteiger partial charge in [-0.3, -0.25) is 13.8 Å². The molecular weight excluding hydrogens is 1080 g/mol. The third-order valence-corrected chi connectivity index (χ3v) is 19.2. The summed E-state index contributed by atoms with van der Waals surface area (Å²) in [4.78, 5) is 23.5. The molecule has 0 radical (unpaired) electrons. The molecule has 512 valence electrons. The Morgan fingerprint density at radius 2 is 0.640 bits per heavy atom. The Morgan fingerprint density at radius 3 is 0.930 bits per heavy atom. The highest BCUT2D eigenvalue weighted by Crippen LogP contribution is 2.43. The molecule has 0 saturated carbocycles. The maximum atomic E-state index is 13.1. The average molecular weight is 1240 g/mol. The number of phosphoric ester groups is 1. The van der Waals surface area contributed by atoms with Crippen molar-refractivity contribution in [1.82, 2.24) is 5.32 Å². The number of carbonyl (C=O) groups excluding carboxylic acids is 1. The molecule has 0 aliphatic rings. The van der Waals surface area contributed by atoms with E-state index >= 15 is 0 Å². The van der Waals surface area contributed by atoms with E-state index < -0.39 is 20.0 Å². The third-order valence-electron chi connectivity index (χ3n) is 18.2. The van der Waals surface area contributed by atoms with Crippen LogP contribution in [-0.4, -0.2) is 73.4 Å². The first-order chi connectivity index (χ1) is 42.0. The van der Waals surface area contributed by atoms with Crippen LogP contribution in [-0.2, 0) is 18.4 Å². The molecule has 0 rings (SSSR count). The summed E-state index contributed by atoms with van der Waals surface area (Å²) in [6, 6.07) is -0.862. The predicted molar refractivity (Wildman–Crippen MR) is 378 cm³/mol. The van der Waals surface area contributed by atoms with Crippen molar-refractivity contribution in [2.75, 3.05) is 40.9 Å². The summed E-state index contributed by atoms with van der Waals surface area (Å²) in [6.07, 6.45) is 90.9. The van der Waals surface area contributed by atoms with Gasteiger partial charge in [-0.15, -0.1) is 0 Å². The van der Waals surface area contributed by atoms with Crippen molar-refractivity contribution in [3.63, 3.8) is 0 Å². The largest absolute Gasteiger partial charge is 0.472 e. The highest BCUT2D eigenvalue weighted by Gasteiger charge is 2.28. The van der Waals surface area contributed by atoms with Crippen LogP contribution < -0.4 is 5.32 Å². The molecule has 0 aliphatic heterocycles. The molecule has 0 fully saturated rings. The Hall–Kier alpha value is -1.02. The summed E-state index contributed by atoms with van der Waals surface area (Å²) in [7, 11) is 1.58. The Morgan fingerprint density at radius 1 is 0.384 bits per heavy atom. The van der Waals surface area contributed by atoms with Crippen LogP contribution in [0.5, 0.6) is 0 Å². The van der Waals surface area contributed by atoms with E-state index in [0.29, 0.717) is 17.4 Å². The van der Waals surface area contributed by atoms with Crippen LogP contribution >= 0.6 is 7.82 Å².